The highest BCUT2D eigenvalue weighted by atomic mass is 32.3. The molecular weight excluding hydrogens is 370 g/mol. The van der Waals surface area contributed by atoms with E-state index >= 15 is 0 Å². The summed E-state index contributed by atoms with van der Waals surface area (Å²) in [6.07, 6.45) is -5.59. The van der Waals surface area contributed by atoms with Gasteiger partial charge in [-0.15, -0.1) is 0 Å². The van der Waals surface area contributed by atoms with Gasteiger partial charge >= 0.3 is 10.4 Å². The first-order valence-electron chi connectivity index (χ1n) is 6.96. The van der Waals surface area contributed by atoms with E-state index in [1.165, 1.54) is 0 Å². The average Bonchev–Trinajstić information content (AvgIpc) is 2.52. The zero-order valence-corrected chi connectivity index (χ0v) is 14.3. The van der Waals surface area contributed by atoms with Crippen LogP contribution < -0.4 is 0 Å². The summed E-state index contributed by atoms with van der Waals surface area (Å²) in [5.74, 6) is -0.691. The summed E-state index contributed by atoms with van der Waals surface area (Å²) < 4.78 is 39.1. The fourth-order valence-electron chi connectivity index (χ4n) is 1.94. The summed E-state index contributed by atoms with van der Waals surface area (Å²) in [6, 6.07) is 0. The van der Waals surface area contributed by atoms with Gasteiger partial charge in [-0.1, -0.05) is 23.8 Å². The number of aliphatic hydroxyl groups is 5. The summed E-state index contributed by atoms with van der Waals surface area (Å²) in [4.78, 5) is 0. The molecule has 0 spiro atoms. The van der Waals surface area contributed by atoms with Crippen LogP contribution in [0, 0.1) is 5.92 Å². The fourth-order valence-corrected chi connectivity index (χ4v) is 3.41. The number of hydrogen-bond acceptors (Lipinski definition) is 11. The second-order valence-corrected chi connectivity index (χ2v) is 7.16. The monoisotopic (exact) mass is 391 g/mol. The van der Waals surface area contributed by atoms with E-state index in [1.807, 2.05) is 0 Å². The van der Waals surface area contributed by atoms with Gasteiger partial charge in [0.05, 0.1) is 13.2 Å². The van der Waals surface area contributed by atoms with Crippen LogP contribution in [0.1, 0.15) is 13.3 Å². The molecule has 11 nitrogen and oxygen atoms in total. The highest BCUT2D eigenvalue weighted by molar-refractivity contribution is 8.14. The van der Waals surface area contributed by atoms with E-state index in [1.54, 1.807) is 6.92 Å². The van der Waals surface area contributed by atoms with Gasteiger partial charge in [0, 0.05) is 5.92 Å². The molecule has 1 saturated heterocycles. The SMILES string of the molecule is CC[C@H](CO)/C(=N\OS(=O)(=O)O)S[C@@H]1O[C@H](CO)[C@@H](O)[C@H](O)[C@H]1O. The first-order valence-corrected chi connectivity index (χ1v) is 9.21. The van der Waals surface area contributed by atoms with E-state index in [0.717, 1.165) is 0 Å². The number of rotatable bonds is 7. The number of aliphatic hydroxyl groups excluding tert-OH is 5. The first-order chi connectivity index (χ1) is 11.1. The smallest absolute Gasteiger partial charge is 0.396 e. The van der Waals surface area contributed by atoms with Gasteiger partial charge in [-0.3, -0.25) is 4.55 Å². The molecule has 0 radical (unpaired) electrons. The molecule has 0 saturated carbocycles. The van der Waals surface area contributed by atoms with Crippen LogP contribution in [0.15, 0.2) is 5.16 Å². The van der Waals surface area contributed by atoms with Crippen molar-refractivity contribution in [1.82, 2.24) is 0 Å². The molecule has 0 amide bonds. The molecule has 24 heavy (non-hydrogen) atoms. The maximum absolute atomic E-state index is 10.7. The number of oxime groups is 1. The normalized spacial score (nSPS) is 33.3. The molecule has 1 heterocycles. The van der Waals surface area contributed by atoms with Gasteiger partial charge in [0.25, 0.3) is 0 Å². The second kappa shape index (κ2) is 9.26. The maximum atomic E-state index is 10.7. The lowest BCUT2D eigenvalue weighted by molar-refractivity contribution is -0.205. The van der Waals surface area contributed by atoms with Crippen LogP contribution in [-0.4, -0.2) is 86.6 Å². The van der Waals surface area contributed by atoms with E-state index in [0.29, 0.717) is 18.2 Å². The minimum Gasteiger partial charge on any atom is -0.396 e. The number of ether oxygens (including phenoxy) is 1. The Hall–Kier alpha value is -0.510. The molecule has 1 fully saturated rings. The molecule has 0 aromatic heterocycles. The zero-order valence-electron chi connectivity index (χ0n) is 12.7. The number of thioether (sulfide) groups is 1. The molecule has 6 atom stereocenters. The molecule has 142 valence electrons. The molecule has 0 bridgehead atoms. The van der Waals surface area contributed by atoms with Gasteiger partial charge in [-0.25, -0.2) is 4.28 Å². The van der Waals surface area contributed by atoms with E-state index in [4.69, 9.17) is 14.4 Å². The van der Waals surface area contributed by atoms with Crippen molar-refractivity contribution < 1.29 is 47.5 Å². The Balaban J connectivity index is 2.99. The molecule has 0 aromatic carbocycles. The number of hydrogen-bond donors (Lipinski definition) is 6. The van der Waals surface area contributed by atoms with Crippen LogP contribution in [0.3, 0.4) is 0 Å². The third kappa shape index (κ3) is 5.79. The standard InChI is InChI=1S/C11H21NO10S2/c1-2-5(3-13)10(12-22-24(18,19)20)23-11-9(17)8(16)7(15)6(4-14)21-11/h5-9,11,13-17H,2-4H2,1H3,(H,18,19,20)/b12-10+/t5-,6-,7-,8+,9-,11+/m1/s1. The van der Waals surface area contributed by atoms with Gasteiger partial charge in [-0.2, -0.15) is 8.42 Å². The Kier molecular flexibility index (Phi) is 8.31. The van der Waals surface area contributed by atoms with Crippen LogP contribution in [0.25, 0.3) is 0 Å². The van der Waals surface area contributed by atoms with Crippen LogP contribution in [-0.2, 0) is 19.4 Å². The molecule has 6 N–H and O–H groups in total. The summed E-state index contributed by atoms with van der Waals surface area (Å²) in [5, 5.41) is 51.0. The number of nitrogens with zero attached hydrogens (tertiary/aromatic N) is 1. The molecule has 1 aliphatic heterocycles. The van der Waals surface area contributed by atoms with Crippen LogP contribution >= 0.6 is 11.8 Å². The van der Waals surface area contributed by atoms with Gasteiger partial charge in [0.15, 0.2) is 0 Å². The Morgan fingerprint density at radius 3 is 2.33 bits per heavy atom. The van der Waals surface area contributed by atoms with Gasteiger partial charge in [0.2, 0.25) is 0 Å². The first kappa shape index (κ1) is 21.5. The van der Waals surface area contributed by atoms with Crippen molar-refractivity contribution in [2.75, 3.05) is 13.2 Å². The topological polar surface area (TPSA) is 186 Å². The predicted molar refractivity (Wildman–Crippen MR) is 82.3 cm³/mol. The van der Waals surface area contributed by atoms with Gasteiger partial charge in [0.1, 0.15) is 34.9 Å². The predicted octanol–water partition coefficient (Wildman–Crippen LogP) is -2.33. The lowest BCUT2D eigenvalue weighted by atomic mass is 10.0. The van der Waals surface area contributed by atoms with E-state index in [2.05, 4.69) is 9.44 Å². The zero-order chi connectivity index (χ0) is 18.5. The van der Waals surface area contributed by atoms with Crippen molar-refractivity contribution in [3.8, 4) is 0 Å². The van der Waals surface area contributed by atoms with Crippen LogP contribution in [0.4, 0.5) is 0 Å². The average molecular weight is 391 g/mol. The van der Waals surface area contributed by atoms with Crippen LogP contribution in [0.2, 0.25) is 0 Å². The van der Waals surface area contributed by atoms with Crippen molar-refractivity contribution in [2.45, 2.75) is 43.2 Å². The summed E-state index contributed by atoms with van der Waals surface area (Å²) in [6.45, 7) is 0.597. The van der Waals surface area contributed by atoms with E-state index < -0.39 is 59.4 Å². The van der Waals surface area contributed by atoms with E-state index in [9.17, 15) is 28.8 Å². The van der Waals surface area contributed by atoms with Crippen molar-refractivity contribution >= 4 is 27.2 Å². The summed E-state index contributed by atoms with van der Waals surface area (Å²) >= 11 is 0.632. The van der Waals surface area contributed by atoms with E-state index in [-0.39, 0.29) is 5.04 Å². The maximum Gasteiger partial charge on any atom is 0.466 e. The molecule has 0 unspecified atom stereocenters. The molecular formula is C11H21NO10S2. The lowest BCUT2D eigenvalue weighted by Gasteiger charge is -2.39. The van der Waals surface area contributed by atoms with Crippen molar-refractivity contribution in [2.24, 2.45) is 11.1 Å². The summed E-state index contributed by atoms with van der Waals surface area (Å²) in [5.41, 5.74) is -1.23. The second-order valence-electron chi connectivity index (χ2n) is 5.03. The van der Waals surface area contributed by atoms with Crippen molar-refractivity contribution in [3.63, 3.8) is 0 Å². The highest BCUT2D eigenvalue weighted by Crippen LogP contribution is 2.31. The molecule has 0 aromatic rings. The molecule has 1 rings (SSSR count). The van der Waals surface area contributed by atoms with Gasteiger partial charge in [-0.05, 0) is 6.42 Å². The fraction of sp³-hybridized carbons (Fsp3) is 0.909. The Labute approximate surface area is 142 Å². The largest absolute Gasteiger partial charge is 0.466 e. The quantitative estimate of drug-likeness (QED) is 0.118. The van der Waals surface area contributed by atoms with Crippen molar-refractivity contribution in [1.29, 1.82) is 0 Å². The molecule has 1 aliphatic rings. The highest BCUT2D eigenvalue weighted by Gasteiger charge is 2.44. The Morgan fingerprint density at radius 2 is 1.88 bits per heavy atom. The molecule has 13 heteroatoms. The minimum absolute atomic E-state index is 0.123. The minimum atomic E-state index is -4.87. The Bertz CT molecular complexity index is 521. The van der Waals surface area contributed by atoms with Crippen molar-refractivity contribution in [3.05, 3.63) is 0 Å². The van der Waals surface area contributed by atoms with Gasteiger partial charge < -0.3 is 30.3 Å². The third-order valence-electron chi connectivity index (χ3n) is 3.37. The molecule has 0 aliphatic carbocycles. The lowest BCUT2D eigenvalue weighted by Crippen LogP contribution is -2.57. The summed E-state index contributed by atoms with van der Waals surface area (Å²) in [7, 11) is -4.87. The Morgan fingerprint density at radius 1 is 1.25 bits per heavy atom. The van der Waals surface area contributed by atoms with Crippen LogP contribution in [0.5, 0.6) is 0 Å². The third-order valence-corrected chi connectivity index (χ3v) is 4.90.